The average molecular weight is 278 g/mol. The Balaban J connectivity index is 1.92. The molecule has 0 spiro atoms. The van der Waals surface area contributed by atoms with Gasteiger partial charge in [0.2, 0.25) is 11.2 Å². The minimum atomic E-state index is 0.361. The van der Waals surface area contributed by atoms with Crippen molar-refractivity contribution in [2.45, 2.75) is 59.0 Å². The Kier molecular flexibility index (Phi) is 5.30. The summed E-state index contributed by atoms with van der Waals surface area (Å²) in [7, 11) is 0. The van der Waals surface area contributed by atoms with Gasteiger partial charge in [-0.25, -0.2) is 0 Å². The van der Waals surface area contributed by atoms with Gasteiger partial charge in [0.05, 0.1) is 6.10 Å². The molecular weight excluding hydrogens is 252 g/mol. The molecule has 3 atom stereocenters. The molecular formula is C17H26O3. The van der Waals surface area contributed by atoms with Crippen LogP contribution in [0.2, 0.25) is 0 Å². The minimum Gasteiger partial charge on any atom is -0.378 e. The maximum absolute atomic E-state index is 5.84. The van der Waals surface area contributed by atoms with Gasteiger partial charge >= 0.3 is 0 Å². The molecule has 1 aromatic carbocycles. The van der Waals surface area contributed by atoms with Crippen molar-refractivity contribution in [2.24, 2.45) is 5.92 Å². The summed E-state index contributed by atoms with van der Waals surface area (Å²) in [4.78, 5) is 0. The molecule has 0 radical (unpaired) electrons. The number of rotatable bonds is 8. The first-order chi connectivity index (χ1) is 9.63. The molecule has 0 aliphatic heterocycles. The van der Waals surface area contributed by atoms with Crippen LogP contribution in [0.15, 0.2) is 27.4 Å². The molecule has 20 heavy (non-hydrogen) atoms. The van der Waals surface area contributed by atoms with E-state index < -0.39 is 0 Å². The van der Waals surface area contributed by atoms with E-state index in [2.05, 4.69) is 39.8 Å². The first-order valence-electron chi connectivity index (χ1n) is 7.74. The van der Waals surface area contributed by atoms with Crippen LogP contribution in [-0.4, -0.2) is 12.7 Å². The molecule has 0 saturated heterocycles. The van der Waals surface area contributed by atoms with Gasteiger partial charge in [-0.15, -0.1) is 0 Å². The summed E-state index contributed by atoms with van der Waals surface area (Å²) in [5.74, 6) is 1.12. The Bertz CT molecular complexity index is 511. The van der Waals surface area contributed by atoms with E-state index >= 15 is 0 Å². The van der Waals surface area contributed by atoms with Gasteiger partial charge in [0.15, 0.2) is 0 Å². The smallest absolute Gasteiger partial charge is 0.225 e. The van der Waals surface area contributed by atoms with E-state index in [1.54, 1.807) is 0 Å². The number of hydrogen-bond acceptors (Lipinski definition) is 3. The second kappa shape index (κ2) is 6.98. The number of hydrogen-bond donors (Lipinski definition) is 0. The predicted octanol–water partition coefficient (Wildman–Crippen LogP) is 5.36. The normalized spacial score (nSPS) is 16.4. The summed E-state index contributed by atoms with van der Waals surface area (Å²) in [5, 5.41) is 0. The van der Waals surface area contributed by atoms with Gasteiger partial charge < -0.3 is 4.74 Å². The van der Waals surface area contributed by atoms with E-state index in [1.807, 2.05) is 6.07 Å². The van der Waals surface area contributed by atoms with Crippen molar-refractivity contribution in [1.82, 2.24) is 0 Å². The van der Waals surface area contributed by atoms with Crippen molar-refractivity contribution in [2.75, 3.05) is 6.61 Å². The van der Waals surface area contributed by atoms with Crippen LogP contribution in [0.25, 0.3) is 11.2 Å². The highest BCUT2D eigenvalue weighted by Gasteiger charge is 2.17. The molecule has 0 amide bonds. The zero-order valence-corrected chi connectivity index (χ0v) is 13.0. The standard InChI is InChI=1S/C17H26O3/c1-5-13(4)18-11-12(3)9-14(6-2)15-7-8-16-17(10-15)20-19-16/h7-8,10,12-14H,5-6,9,11H2,1-4H3/t12?,13?,14-/m0/s1. The molecule has 0 bridgehead atoms. The molecule has 0 aliphatic rings. The van der Waals surface area contributed by atoms with E-state index in [0.29, 0.717) is 17.9 Å². The van der Waals surface area contributed by atoms with Crippen LogP contribution >= 0.6 is 0 Å². The van der Waals surface area contributed by atoms with E-state index in [1.165, 1.54) is 5.56 Å². The molecule has 0 N–H and O–H groups in total. The molecule has 1 aromatic heterocycles. The Morgan fingerprint density at radius 1 is 1.05 bits per heavy atom. The largest absolute Gasteiger partial charge is 0.378 e. The van der Waals surface area contributed by atoms with Crippen LogP contribution in [0.5, 0.6) is 0 Å². The van der Waals surface area contributed by atoms with Crippen LogP contribution in [0.1, 0.15) is 58.4 Å². The zero-order chi connectivity index (χ0) is 14.5. The van der Waals surface area contributed by atoms with Crippen molar-refractivity contribution >= 4 is 11.2 Å². The first kappa shape index (κ1) is 15.2. The second-order valence-corrected chi connectivity index (χ2v) is 5.87. The monoisotopic (exact) mass is 278 g/mol. The van der Waals surface area contributed by atoms with Crippen molar-refractivity contribution in [3.63, 3.8) is 0 Å². The molecule has 0 saturated carbocycles. The van der Waals surface area contributed by atoms with Gasteiger partial charge in [0, 0.05) is 6.61 Å². The lowest BCUT2D eigenvalue weighted by molar-refractivity contribution is 0.0384. The topological polar surface area (TPSA) is 35.5 Å². The van der Waals surface area contributed by atoms with Crippen molar-refractivity contribution in [3.8, 4) is 0 Å². The van der Waals surface area contributed by atoms with E-state index in [4.69, 9.17) is 13.9 Å². The third-order valence-corrected chi connectivity index (χ3v) is 4.08. The Morgan fingerprint density at radius 3 is 2.35 bits per heavy atom. The van der Waals surface area contributed by atoms with Crippen LogP contribution in [0.3, 0.4) is 0 Å². The molecule has 0 fully saturated rings. The molecule has 2 rings (SSSR count). The van der Waals surface area contributed by atoms with E-state index in [0.717, 1.165) is 37.0 Å². The number of benzene rings is 1. The van der Waals surface area contributed by atoms with Gasteiger partial charge in [-0.3, -0.25) is 9.15 Å². The van der Waals surface area contributed by atoms with E-state index in [9.17, 15) is 0 Å². The van der Waals surface area contributed by atoms with Crippen molar-refractivity contribution < 1.29 is 13.9 Å². The molecule has 0 aliphatic carbocycles. The Morgan fingerprint density at radius 2 is 1.80 bits per heavy atom. The van der Waals surface area contributed by atoms with Gasteiger partial charge in [-0.1, -0.05) is 26.8 Å². The first-order valence-corrected chi connectivity index (χ1v) is 7.74. The lowest BCUT2D eigenvalue weighted by atomic mass is 9.88. The molecule has 2 unspecified atom stereocenters. The third-order valence-electron chi connectivity index (χ3n) is 4.08. The van der Waals surface area contributed by atoms with Gasteiger partial charge in [0.1, 0.15) is 0 Å². The maximum Gasteiger partial charge on any atom is 0.225 e. The zero-order valence-electron chi connectivity index (χ0n) is 13.0. The molecule has 2 aromatic rings. The average Bonchev–Trinajstić information content (AvgIpc) is 2.43. The van der Waals surface area contributed by atoms with Crippen LogP contribution in [0, 0.1) is 5.92 Å². The summed E-state index contributed by atoms with van der Waals surface area (Å²) in [6.07, 6.45) is 3.71. The van der Waals surface area contributed by atoms with Crippen LogP contribution in [-0.2, 0) is 4.74 Å². The van der Waals surface area contributed by atoms with Gasteiger partial charge in [-0.2, -0.15) is 0 Å². The summed E-state index contributed by atoms with van der Waals surface area (Å²) >= 11 is 0. The fraction of sp³-hybridized carbons (Fsp3) is 0.647. The van der Waals surface area contributed by atoms with Gasteiger partial charge in [-0.05, 0) is 55.7 Å². The van der Waals surface area contributed by atoms with Crippen molar-refractivity contribution in [3.05, 3.63) is 23.8 Å². The molecule has 3 nitrogen and oxygen atoms in total. The third kappa shape index (κ3) is 3.66. The highest BCUT2D eigenvalue weighted by molar-refractivity contribution is 5.71. The predicted molar refractivity (Wildman–Crippen MR) is 81.0 cm³/mol. The van der Waals surface area contributed by atoms with Crippen LogP contribution in [0.4, 0.5) is 0 Å². The molecule has 3 heteroatoms. The minimum absolute atomic E-state index is 0.361. The highest BCUT2D eigenvalue weighted by atomic mass is 17.0. The lowest BCUT2D eigenvalue weighted by Crippen LogP contribution is -2.15. The number of fused-ring (bicyclic) bond motifs is 1. The SMILES string of the molecule is CCC(C)OCC(C)C[C@H](CC)c1ccc2ooc2c1. The Labute approximate surface area is 121 Å². The molecule has 112 valence electrons. The summed E-state index contributed by atoms with van der Waals surface area (Å²) in [6, 6.07) is 6.25. The molecule has 1 heterocycles. The van der Waals surface area contributed by atoms with Crippen LogP contribution < -0.4 is 0 Å². The van der Waals surface area contributed by atoms with Crippen molar-refractivity contribution in [1.29, 1.82) is 0 Å². The second-order valence-electron chi connectivity index (χ2n) is 5.87. The fourth-order valence-electron chi connectivity index (χ4n) is 2.51. The van der Waals surface area contributed by atoms with Gasteiger partial charge in [0.25, 0.3) is 0 Å². The number of ether oxygens (including phenoxy) is 1. The maximum atomic E-state index is 5.84. The fourth-order valence-corrected chi connectivity index (χ4v) is 2.51. The summed E-state index contributed by atoms with van der Waals surface area (Å²) < 4.78 is 15.7. The quantitative estimate of drug-likeness (QED) is 0.610. The Hall–Kier alpha value is -1.22. The lowest BCUT2D eigenvalue weighted by Gasteiger charge is -2.21. The summed E-state index contributed by atoms with van der Waals surface area (Å²) in [5.41, 5.74) is 3.05. The summed E-state index contributed by atoms with van der Waals surface area (Å²) in [6.45, 7) is 9.65. The highest BCUT2D eigenvalue weighted by Crippen LogP contribution is 2.30. The van der Waals surface area contributed by atoms with E-state index in [-0.39, 0.29) is 0 Å².